The Balaban J connectivity index is 2.67. The number of nitrogens with one attached hydrogen (secondary N) is 2. The summed E-state index contributed by atoms with van der Waals surface area (Å²) in [6.45, 7) is 0.698. The van der Waals surface area contributed by atoms with Crippen LogP contribution in [0.1, 0.15) is 19.3 Å². The highest BCUT2D eigenvalue weighted by atomic mass is 16.2. The van der Waals surface area contributed by atoms with E-state index in [1.807, 2.05) is 0 Å². The van der Waals surface area contributed by atoms with Crippen LogP contribution in [0.3, 0.4) is 0 Å². The van der Waals surface area contributed by atoms with E-state index in [0.29, 0.717) is 6.54 Å². The first kappa shape index (κ1) is 9.83. The van der Waals surface area contributed by atoms with Gasteiger partial charge >= 0.3 is 6.03 Å². The first-order valence-corrected chi connectivity index (χ1v) is 4.49. The van der Waals surface area contributed by atoms with E-state index in [9.17, 15) is 4.79 Å². The van der Waals surface area contributed by atoms with Crippen LogP contribution in [0.2, 0.25) is 0 Å². The fourth-order valence-corrected chi connectivity index (χ4v) is 1.64. The molecule has 1 atom stereocenters. The van der Waals surface area contributed by atoms with Crippen LogP contribution >= 0.6 is 0 Å². The van der Waals surface area contributed by atoms with Gasteiger partial charge < -0.3 is 16.0 Å². The van der Waals surface area contributed by atoms with Crippen molar-refractivity contribution in [2.75, 3.05) is 13.6 Å². The van der Waals surface area contributed by atoms with E-state index in [2.05, 4.69) is 5.32 Å². The Morgan fingerprint density at radius 1 is 1.62 bits per heavy atom. The van der Waals surface area contributed by atoms with Crippen LogP contribution < -0.4 is 11.1 Å². The van der Waals surface area contributed by atoms with Gasteiger partial charge in [0.1, 0.15) is 5.84 Å². The van der Waals surface area contributed by atoms with Crippen molar-refractivity contribution in [1.29, 1.82) is 5.41 Å². The summed E-state index contributed by atoms with van der Waals surface area (Å²) in [5.74, 6) is 0.0864. The number of hydrogen-bond acceptors (Lipinski definition) is 2. The van der Waals surface area contributed by atoms with Crippen LogP contribution in [0.25, 0.3) is 0 Å². The molecule has 0 bridgehead atoms. The molecule has 1 aliphatic rings. The van der Waals surface area contributed by atoms with Crippen LogP contribution in [0.5, 0.6) is 0 Å². The predicted molar refractivity (Wildman–Crippen MR) is 50.7 cm³/mol. The molecule has 1 unspecified atom stereocenters. The molecular weight excluding hydrogens is 168 g/mol. The van der Waals surface area contributed by atoms with Crippen molar-refractivity contribution in [1.82, 2.24) is 10.2 Å². The van der Waals surface area contributed by atoms with Gasteiger partial charge in [0.05, 0.1) is 6.04 Å². The van der Waals surface area contributed by atoms with E-state index in [1.54, 1.807) is 11.9 Å². The van der Waals surface area contributed by atoms with Gasteiger partial charge in [-0.3, -0.25) is 5.41 Å². The van der Waals surface area contributed by atoms with E-state index in [-0.39, 0.29) is 17.9 Å². The quantitative estimate of drug-likeness (QED) is 0.399. The number of nitrogens with zero attached hydrogens (tertiary/aromatic N) is 1. The lowest BCUT2D eigenvalue weighted by molar-refractivity contribution is 0.174. The molecule has 0 aromatic heterocycles. The van der Waals surface area contributed by atoms with Crippen molar-refractivity contribution in [3.8, 4) is 0 Å². The minimum absolute atomic E-state index is 0.0864. The molecule has 0 radical (unpaired) electrons. The first-order valence-electron chi connectivity index (χ1n) is 4.49. The molecule has 0 saturated carbocycles. The van der Waals surface area contributed by atoms with Crippen molar-refractivity contribution in [3.63, 3.8) is 0 Å². The van der Waals surface area contributed by atoms with Gasteiger partial charge in [0, 0.05) is 13.6 Å². The normalized spacial score (nSPS) is 22.5. The van der Waals surface area contributed by atoms with Crippen molar-refractivity contribution in [2.45, 2.75) is 25.3 Å². The maximum atomic E-state index is 11.3. The minimum atomic E-state index is -0.200. The third-order valence-corrected chi connectivity index (χ3v) is 2.34. The molecule has 0 aromatic carbocycles. The number of likely N-dealkylation sites (tertiary alicyclic amines) is 1. The maximum absolute atomic E-state index is 11.3. The fourth-order valence-electron chi connectivity index (χ4n) is 1.64. The van der Waals surface area contributed by atoms with E-state index >= 15 is 0 Å². The molecule has 0 aromatic rings. The summed E-state index contributed by atoms with van der Waals surface area (Å²) in [5.41, 5.74) is 5.41. The van der Waals surface area contributed by atoms with Crippen molar-refractivity contribution in [3.05, 3.63) is 0 Å². The van der Waals surface area contributed by atoms with Gasteiger partial charge in [0.15, 0.2) is 0 Å². The van der Waals surface area contributed by atoms with Crippen molar-refractivity contribution < 1.29 is 4.79 Å². The van der Waals surface area contributed by atoms with Gasteiger partial charge in [0.2, 0.25) is 0 Å². The molecule has 1 rings (SSSR count). The third-order valence-electron chi connectivity index (χ3n) is 2.34. The molecule has 4 N–H and O–H groups in total. The number of urea groups is 1. The molecule has 0 spiro atoms. The molecule has 5 nitrogen and oxygen atoms in total. The average Bonchev–Trinajstić information content (AvgIpc) is 2.16. The maximum Gasteiger partial charge on any atom is 0.317 e. The van der Waals surface area contributed by atoms with E-state index in [1.165, 1.54) is 0 Å². The SMILES string of the molecule is CNC(=O)N1CCCCC1C(=N)N. The van der Waals surface area contributed by atoms with Gasteiger partial charge in [-0.25, -0.2) is 4.79 Å². The lowest BCUT2D eigenvalue weighted by Gasteiger charge is -2.34. The molecule has 74 valence electrons. The van der Waals surface area contributed by atoms with Crippen LogP contribution in [0.4, 0.5) is 4.79 Å². The van der Waals surface area contributed by atoms with Crippen LogP contribution in [0.15, 0.2) is 0 Å². The number of carbonyl (C=O) groups is 1. The molecule has 1 saturated heterocycles. The number of carbonyl (C=O) groups excluding carboxylic acids is 1. The van der Waals surface area contributed by atoms with Crippen LogP contribution in [-0.2, 0) is 0 Å². The monoisotopic (exact) mass is 184 g/mol. The molecule has 13 heavy (non-hydrogen) atoms. The summed E-state index contributed by atoms with van der Waals surface area (Å²) in [7, 11) is 1.59. The zero-order valence-electron chi connectivity index (χ0n) is 7.84. The molecular formula is C8H16N4O. The number of nitrogens with two attached hydrogens (primary N) is 1. The zero-order valence-corrected chi connectivity index (χ0v) is 7.84. The first-order chi connectivity index (χ1) is 6.16. The Kier molecular flexibility index (Phi) is 3.11. The lowest BCUT2D eigenvalue weighted by Crippen LogP contribution is -2.52. The standard InChI is InChI=1S/C8H16N4O/c1-11-8(13)12-5-3-2-4-6(12)7(9)10/h6H,2-5H2,1H3,(H3,9,10)(H,11,13). The number of hydrogen-bond donors (Lipinski definition) is 3. The van der Waals surface area contributed by atoms with Crippen molar-refractivity contribution >= 4 is 11.9 Å². The van der Waals surface area contributed by atoms with Gasteiger partial charge in [0.25, 0.3) is 0 Å². The zero-order chi connectivity index (χ0) is 9.84. The fraction of sp³-hybridized carbons (Fsp3) is 0.750. The summed E-state index contributed by atoms with van der Waals surface area (Å²) in [6, 6.07) is -0.339. The van der Waals surface area contributed by atoms with Crippen LogP contribution in [0, 0.1) is 5.41 Å². The van der Waals surface area contributed by atoms with E-state index < -0.39 is 0 Å². The Morgan fingerprint density at radius 2 is 2.31 bits per heavy atom. The van der Waals surface area contributed by atoms with Crippen LogP contribution in [-0.4, -0.2) is 36.4 Å². The minimum Gasteiger partial charge on any atom is -0.386 e. The molecule has 5 heteroatoms. The summed E-state index contributed by atoms with van der Waals surface area (Å²) >= 11 is 0. The Labute approximate surface area is 77.8 Å². The number of rotatable bonds is 1. The van der Waals surface area contributed by atoms with E-state index in [0.717, 1.165) is 19.3 Å². The van der Waals surface area contributed by atoms with Gasteiger partial charge in [-0.2, -0.15) is 0 Å². The number of piperidine rings is 1. The van der Waals surface area contributed by atoms with Crippen molar-refractivity contribution in [2.24, 2.45) is 5.73 Å². The predicted octanol–water partition coefficient (Wildman–Crippen LogP) is 0.116. The highest BCUT2D eigenvalue weighted by Gasteiger charge is 2.27. The summed E-state index contributed by atoms with van der Waals surface area (Å²) in [4.78, 5) is 13.0. The Bertz CT molecular complexity index is 216. The summed E-state index contributed by atoms with van der Waals surface area (Å²) in [6.07, 6.45) is 2.84. The largest absolute Gasteiger partial charge is 0.386 e. The lowest BCUT2D eigenvalue weighted by atomic mass is 10.0. The second-order valence-corrected chi connectivity index (χ2v) is 3.22. The number of amides is 2. The third kappa shape index (κ3) is 2.11. The molecule has 0 aliphatic carbocycles. The average molecular weight is 184 g/mol. The number of amidine groups is 1. The van der Waals surface area contributed by atoms with Gasteiger partial charge in [-0.1, -0.05) is 0 Å². The molecule has 1 aliphatic heterocycles. The van der Waals surface area contributed by atoms with Gasteiger partial charge in [-0.05, 0) is 19.3 Å². The Morgan fingerprint density at radius 3 is 2.85 bits per heavy atom. The Hall–Kier alpha value is -1.26. The molecule has 1 heterocycles. The summed E-state index contributed by atoms with van der Waals surface area (Å²) < 4.78 is 0. The molecule has 1 fully saturated rings. The van der Waals surface area contributed by atoms with E-state index in [4.69, 9.17) is 11.1 Å². The topological polar surface area (TPSA) is 82.2 Å². The summed E-state index contributed by atoms with van der Waals surface area (Å²) in [5, 5.41) is 9.90. The molecule has 2 amide bonds. The second-order valence-electron chi connectivity index (χ2n) is 3.22. The second kappa shape index (κ2) is 4.11. The highest BCUT2D eigenvalue weighted by molar-refractivity contribution is 5.87. The van der Waals surface area contributed by atoms with Gasteiger partial charge in [-0.15, -0.1) is 0 Å². The highest BCUT2D eigenvalue weighted by Crippen LogP contribution is 2.16. The smallest absolute Gasteiger partial charge is 0.317 e.